The van der Waals surface area contributed by atoms with Crippen molar-refractivity contribution < 1.29 is 67.4 Å². The first-order valence-electron chi connectivity index (χ1n) is 20.3. The first-order valence-corrected chi connectivity index (χ1v) is 20.3. The summed E-state index contributed by atoms with van der Waals surface area (Å²) in [5.41, 5.74) is -4.92. The zero-order chi connectivity index (χ0) is 43.8. The molecular weight excluding hydrogens is 766 g/mol. The van der Waals surface area contributed by atoms with Crippen molar-refractivity contribution in [2.24, 2.45) is 34.0 Å². The lowest BCUT2D eigenvalue weighted by Gasteiger charge is -2.66. The second-order valence-corrected chi connectivity index (χ2v) is 19.5. The largest absolute Gasteiger partial charge is 0.458 e. The van der Waals surface area contributed by atoms with Gasteiger partial charge in [0.25, 0.3) is 0 Å². The Kier molecular flexibility index (Phi) is 11.5. The van der Waals surface area contributed by atoms with E-state index < -0.39 is 112 Å². The van der Waals surface area contributed by atoms with E-state index in [-0.39, 0.29) is 41.9 Å². The molecule has 3 N–H and O–H groups in total. The lowest BCUT2D eigenvalue weighted by Crippen LogP contribution is -2.79. The molecular formula is C44H59NO14. The molecule has 15 nitrogen and oxygen atoms in total. The van der Waals surface area contributed by atoms with Crippen LogP contribution in [0.5, 0.6) is 0 Å². The van der Waals surface area contributed by atoms with Crippen LogP contribution in [0.4, 0.5) is 4.79 Å². The Hall–Kier alpha value is -4.34. The fraction of sp³-hybridized carbons (Fsp3) is 0.682. The van der Waals surface area contributed by atoms with Crippen molar-refractivity contribution in [3.63, 3.8) is 0 Å². The Balaban J connectivity index is 1.49. The molecule has 1 saturated heterocycles. The van der Waals surface area contributed by atoms with Gasteiger partial charge in [-0.25, -0.2) is 14.4 Å². The van der Waals surface area contributed by atoms with Crippen LogP contribution in [0.3, 0.4) is 0 Å². The highest BCUT2D eigenvalue weighted by atomic mass is 16.6. The standard InChI is InChI=1S/C44H59NO14/c1-21-27(56-38(52)32(49)31(26-19-41(26,7)8)45-39(53)59-40(4,5)6)17-25-33(57-37(51)24-15-13-12-14-16-24)35-43(11,28(48)18-29-44(35,20-54-29)58-23(3)47)36(50)34(55-22(2)46)30(21)42(25,9)10/h12-16,25-29,31-35,48-49H,17-20H2,1-11H3,(H,45,53)/t25?,26?,27-,28-,29+,31-,32+,33+,34?,35-,43+,44-/m0/s1. The summed E-state index contributed by atoms with van der Waals surface area (Å²) in [5, 5.41) is 26.4. The summed E-state index contributed by atoms with van der Waals surface area (Å²) >= 11 is 0. The molecule has 1 aromatic rings. The highest BCUT2D eigenvalue weighted by Crippen LogP contribution is 2.63. The van der Waals surface area contributed by atoms with Crippen molar-refractivity contribution in [3.8, 4) is 0 Å². The molecule has 6 rings (SSSR count). The summed E-state index contributed by atoms with van der Waals surface area (Å²) in [4.78, 5) is 82.6. The van der Waals surface area contributed by atoms with Gasteiger partial charge in [-0.1, -0.05) is 45.9 Å². The Bertz CT molecular complexity index is 1920. The van der Waals surface area contributed by atoms with Crippen LogP contribution in [0.2, 0.25) is 0 Å². The summed E-state index contributed by atoms with van der Waals surface area (Å²) in [6.45, 7) is 17.9. The van der Waals surface area contributed by atoms with Crippen LogP contribution in [-0.2, 0) is 47.6 Å². The number of carbonyl (C=O) groups is 6. The molecule has 4 fully saturated rings. The number of rotatable bonds is 9. The van der Waals surface area contributed by atoms with E-state index >= 15 is 4.79 Å². The maximum atomic E-state index is 15.4. The van der Waals surface area contributed by atoms with E-state index in [1.165, 1.54) is 13.8 Å². The molecule has 1 aliphatic heterocycles. The molecule has 1 aromatic carbocycles. The van der Waals surface area contributed by atoms with Gasteiger partial charge in [0.1, 0.15) is 23.9 Å². The summed E-state index contributed by atoms with van der Waals surface area (Å²) in [5.74, 6) is -6.46. The topological polar surface area (TPSA) is 210 Å². The smallest absolute Gasteiger partial charge is 0.407 e. The molecule has 4 aliphatic carbocycles. The molecule has 0 spiro atoms. The molecule has 3 saturated carbocycles. The molecule has 12 atom stereocenters. The first kappa shape index (κ1) is 44.2. The van der Waals surface area contributed by atoms with Crippen molar-refractivity contribution in [2.45, 2.75) is 149 Å². The number of hydrogen-bond donors (Lipinski definition) is 3. The van der Waals surface area contributed by atoms with E-state index in [9.17, 15) is 34.2 Å². The lowest BCUT2D eigenvalue weighted by atomic mass is 9.46. The summed E-state index contributed by atoms with van der Waals surface area (Å²) in [6.07, 6.45) is -8.65. The first-order chi connectivity index (χ1) is 27.3. The van der Waals surface area contributed by atoms with E-state index in [0.29, 0.717) is 12.0 Å². The van der Waals surface area contributed by atoms with Crippen LogP contribution < -0.4 is 5.32 Å². The van der Waals surface area contributed by atoms with Crippen LogP contribution >= 0.6 is 0 Å². The van der Waals surface area contributed by atoms with Gasteiger partial charge in [0, 0.05) is 26.2 Å². The van der Waals surface area contributed by atoms with E-state index in [4.69, 9.17) is 28.4 Å². The van der Waals surface area contributed by atoms with Crippen molar-refractivity contribution in [2.75, 3.05) is 6.61 Å². The van der Waals surface area contributed by atoms with Gasteiger partial charge in [-0.2, -0.15) is 0 Å². The van der Waals surface area contributed by atoms with Gasteiger partial charge in [0.2, 0.25) is 0 Å². The van der Waals surface area contributed by atoms with Gasteiger partial charge in [0.15, 0.2) is 23.6 Å². The van der Waals surface area contributed by atoms with E-state index in [2.05, 4.69) is 5.32 Å². The maximum absolute atomic E-state index is 15.4. The second-order valence-electron chi connectivity index (χ2n) is 19.5. The number of aliphatic hydroxyl groups is 2. The van der Waals surface area contributed by atoms with Crippen LogP contribution in [0.25, 0.3) is 0 Å². The second kappa shape index (κ2) is 15.3. The number of ketones is 1. The maximum Gasteiger partial charge on any atom is 0.407 e. The van der Waals surface area contributed by atoms with Gasteiger partial charge < -0.3 is 44.0 Å². The predicted molar refractivity (Wildman–Crippen MR) is 208 cm³/mol. The summed E-state index contributed by atoms with van der Waals surface area (Å²) in [7, 11) is 0. The van der Waals surface area contributed by atoms with Crippen molar-refractivity contribution in [3.05, 3.63) is 47.0 Å². The average Bonchev–Trinajstić information content (AvgIpc) is 3.76. The van der Waals surface area contributed by atoms with E-state index in [1.54, 1.807) is 58.0 Å². The van der Waals surface area contributed by atoms with Gasteiger partial charge in [-0.3, -0.25) is 14.4 Å². The quantitative estimate of drug-likeness (QED) is 0.179. The SMILES string of the molecule is CC(=O)OC1C(=O)[C@@]2(C)[C@H]([C@H](OC(=O)c3ccccc3)C3C[C@H](OC(=O)[C@H](O)[C@@H](NC(=O)OC(C)(C)C)C4CC4(C)C)C(C)=C1C3(C)C)[C@]1(OC(C)=O)CO[C@@H]1C[C@@H]2O. The third kappa shape index (κ3) is 7.90. The normalized spacial score (nSPS) is 35.1. The van der Waals surface area contributed by atoms with Gasteiger partial charge in [-0.05, 0) is 87.5 Å². The zero-order valence-corrected chi connectivity index (χ0v) is 35.8. The molecule has 0 aromatic heterocycles. The molecule has 0 radical (unpaired) electrons. The van der Waals surface area contributed by atoms with Gasteiger partial charge in [0.05, 0.1) is 35.6 Å². The predicted octanol–water partition coefficient (Wildman–Crippen LogP) is 4.39. The Morgan fingerprint density at radius 2 is 1.56 bits per heavy atom. The molecule has 15 heteroatoms. The summed E-state index contributed by atoms with van der Waals surface area (Å²) < 4.78 is 36.1. The molecule has 2 bridgehead atoms. The van der Waals surface area contributed by atoms with Crippen LogP contribution in [0, 0.1) is 34.0 Å². The number of Topliss-reactive ketones (excluding diaryl/α,β-unsaturated/α-hetero) is 1. The van der Waals surface area contributed by atoms with E-state index in [1.807, 2.05) is 27.7 Å². The third-order valence-electron chi connectivity index (χ3n) is 13.5. The highest BCUT2D eigenvalue weighted by molar-refractivity contribution is 5.95. The van der Waals surface area contributed by atoms with Crippen LogP contribution in [0.1, 0.15) is 106 Å². The third-order valence-corrected chi connectivity index (χ3v) is 13.5. The average molecular weight is 826 g/mol. The number of hydrogen-bond acceptors (Lipinski definition) is 14. The van der Waals surface area contributed by atoms with Crippen molar-refractivity contribution in [1.29, 1.82) is 0 Å². The zero-order valence-electron chi connectivity index (χ0n) is 35.8. The number of nitrogens with one attached hydrogen (secondary N) is 1. The Morgan fingerprint density at radius 3 is 2.08 bits per heavy atom. The number of amides is 1. The Morgan fingerprint density at radius 1 is 0.932 bits per heavy atom. The fourth-order valence-electron chi connectivity index (χ4n) is 10.4. The van der Waals surface area contributed by atoms with Gasteiger partial charge >= 0.3 is 30.0 Å². The number of esters is 4. The fourth-order valence-corrected chi connectivity index (χ4v) is 10.4. The lowest BCUT2D eigenvalue weighted by molar-refractivity contribution is -0.335. The van der Waals surface area contributed by atoms with Crippen molar-refractivity contribution in [1.82, 2.24) is 5.32 Å². The van der Waals surface area contributed by atoms with Crippen LogP contribution in [0.15, 0.2) is 41.5 Å². The Labute approximate surface area is 344 Å². The van der Waals surface area contributed by atoms with E-state index in [0.717, 1.165) is 6.92 Å². The molecule has 5 aliphatic rings. The monoisotopic (exact) mass is 825 g/mol. The highest BCUT2D eigenvalue weighted by Gasteiger charge is 2.75. The number of ether oxygens (including phenoxy) is 6. The minimum absolute atomic E-state index is 0.0437. The molecule has 1 heterocycles. The summed E-state index contributed by atoms with van der Waals surface area (Å²) in [6, 6.07) is 7.11. The van der Waals surface area contributed by atoms with Crippen LogP contribution in [-0.4, -0.2) is 106 Å². The number of alkyl carbamates (subject to hydrolysis) is 1. The van der Waals surface area contributed by atoms with Crippen molar-refractivity contribution >= 4 is 35.8 Å². The number of aliphatic hydroxyl groups excluding tert-OH is 2. The molecule has 59 heavy (non-hydrogen) atoms. The molecule has 1 amide bonds. The molecule has 324 valence electrons. The number of fused-ring (bicyclic) bond motifs is 5. The number of benzene rings is 1. The van der Waals surface area contributed by atoms with Gasteiger partial charge in [-0.15, -0.1) is 0 Å². The number of carbonyl (C=O) groups excluding carboxylic acids is 6. The minimum atomic E-state index is -1.85. The minimum Gasteiger partial charge on any atom is -0.458 e. The molecule has 3 unspecified atom stereocenters.